The molecule has 1 aromatic rings. The van der Waals surface area contributed by atoms with Gasteiger partial charge in [-0.3, -0.25) is 4.79 Å². The third kappa shape index (κ3) is 6.27. The Balaban J connectivity index is 2.23. The molecule has 0 saturated carbocycles. The summed E-state index contributed by atoms with van der Waals surface area (Å²) < 4.78 is 5.28. The summed E-state index contributed by atoms with van der Waals surface area (Å²) in [6.45, 7) is 4.06. The average molecular weight is 252 g/mol. The van der Waals surface area contributed by atoms with Gasteiger partial charge in [0, 0.05) is 4.88 Å². The van der Waals surface area contributed by atoms with Crippen molar-refractivity contribution in [2.75, 3.05) is 0 Å². The molecule has 1 heterocycles. The van der Waals surface area contributed by atoms with Crippen LogP contribution in [0, 0.1) is 0 Å². The monoisotopic (exact) mass is 252 g/mol. The van der Waals surface area contributed by atoms with Crippen LogP contribution in [0.2, 0.25) is 0 Å². The summed E-state index contributed by atoms with van der Waals surface area (Å²) in [5.41, 5.74) is 0. The number of esters is 1. The number of unbranched alkanes of at least 4 members (excludes halogenated alkanes) is 2. The lowest BCUT2D eigenvalue weighted by molar-refractivity contribution is -0.145. The molecule has 0 radical (unpaired) electrons. The van der Waals surface area contributed by atoms with Gasteiger partial charge < -0.3 is 4.74 Å². The number of ether oxygens (including phenoxy) is 1. The second kappa shape index (κ2) is 8.07. The van der Waals surface area contributed by atoms with Gasteiger partial charge >= 0.3 is 5.97 Å². The summed E-state index contributed by atoms with van der Waals surface area (Å²) in [6, 6.07) is 3.90. The number of thiophene rings is 1. The summed E-state index contributed by atoms with van der Waals surface area (Å²) in [7, 11) is 0. The first-order valence-corrected chi connectivity index (χ1v) is 6.99. The fraction of sp³-hybridized carbons (Fsp3) is 0.500. The second-order valence-electron chi connectivity index (χ2n) is 4.02. The lowest BCUT2D eigenvalue weighted by Crippen LogP contribution is -2.14. The molecule has 1 unspecified atom stereocenters. The quantitative estimate of drug-likeness (QED) is 0.417. The van der Waals surface area contributed by atoms with Crippen molar-refractivity contribution >= 4 is 17.3 Å². The Labute approximate surface area is 107 Å². The molecule has 2 nitrogen and oxygen atoms in total. The normalized spacial score (nSPS) is 12.8. The van der Waals surface area contributed by atoms with Crippen LogP contribution in [-0.2, 0) is 16.0 Å². The summed E-state index contributed by atoms with van der Waals surface area (Å²) in [5.74, 6) is -0.153. The molecule has 1 aromatic heterocycles. The number of allylic oxidation sites excluding steroid dienone is 1. The molecule has 94 valence electrons. The van der Waals surface area contributed by atoms with Crippen LogP contribution in [-0.4, -0.2) is 12.1 Å². The largest absolute Gasteiger partial charge is 0.458 e. The van der Waals surface area contributed by atoms with Crippen LogP contribution in [0.3, 0.4) is 0 Å². The molecule has 0 aromatic carbocycles. The van der Waals surface area contributed by atoms with Gasteiger partial charge in [0.1, 0.15) is 6.10 Å². The van der Waals surface area contributed by atoms with Crippen molar-refractivity contribution < 1.29 is 9.53 Å². The molecular weight excluding hydrogens is 232 g/mol. The van der Waals surface area contributed by atoms with Crippen LogP contribution in [0.1, 0.15) is 38.0 Å². The van der Waals surface area contributed by atoms with E-state index in [2.05, 4.69) is 13.0 Å². The molecule has 0 spiro atoms. The van der Waals surface area contributed by atoms with E-state index >= 15 is 0 Å². The first-order chi connectivity index (χ1) is 8.22. The van der Waals surface area contributed by atoms with Crippen LogP contribution >= 0.6 is 11.3 Å². The minimum absolute atomic E-state index is 0.126. The molecule has 0 amide bonds. The van der Waals surface area contributed by atoms with E-state index < -0.39 is 0 Å². The van der Waals surface area contributed by atoms with E-state index in [1.54, 1.807) is 11.3 Å². The minimum atomic E-state index is -0.153. The van der Waals surface area contributed by atoms with Crippen molar-refractivity contribution in [3.8, 4) is 0 Å². The van der Waals surface area contributed by atoms with E-state index in [0.29, 0.717) is 6.42 Å². The van der Waals surface area contributed by atoms with Crippen molar-refractivity contribution in [1.82, 2.24) is 0 Å². The molecule has 0 aliphatic rings. The van der Waals surface area contributed by atoms with Crippen LogP contribution in [0.5, 0.6) is 0 Å². The number of carbonyl (C=O) groups excluding carboxylic acids is 1. The van der Waals surface area contributed by atoms with Crippen LogP contribution in [0.4, 0.5) is 0 Å². The van der Waals surface area contributed by atoms with Gasteiger partial charge in [0.25, 0.3) is 0 Å². The Morgan fingerprint density at radius 1 is 1.59 bits per heavy atom. The van der Waals surface area contributed by atoms with Crippen molar-refractivity contribution in [2.24, 2.45) is 0 Å². The second-order valence-corrected chi connectivity index (χ2v) is 5.05. The highest BCUT2D eigenvalue weighted by Crippen LogP contribution is 2.10. The van der Waals surface area contributed by atoms with Gasteiger partial charge in [-0.1, -0.05) is 31.9 Å². The maximum Gasteiger partial charge on any atom is 0.311 e. The maximum absolute atomic E-state index is 11.6. The molecule has 0 aliphatic heterocycles. The molecular formula is C14H20O2S. The van der Waals surface area contributed by atoms with Crippen molar-refractivity contribution in [3.05, 3.63) is 34.5 Å². The maximum atomic E-state index is 11.6. The zero-order valence-electron chi connectivity index (χ0n) is 10.5. The molecule has 1 rings (SSSR count). The van der Waals surface area contributed by atoms with Gasteiger partial charge in [-0.2, -0.15) is 0 Å². The molecule has 1 atom stereocenters. The SMILES string of the molecule is CCCC/C=C/C(C)OC(=O)Cc1cccs1. The van der Waals surface area contributed by atoms with E-state index in [0.717, 1.165) is 11.3 Å². The highest BCUT2D eigenvalue weighted by molar-refractivity contribution is 7.10. The zero-order chi connectivity index (χ0) is 12.5. The highest BCUT2D eigenvalue weighted by atomic mass is 32.1. The van der Waals surface area contributed by atoms with Gasteiger partial charge in [0.2, 0.25) is 0 Å². The molecule has 0 N–H and O–H groups in total. The molecule has 3 heteroatoms. The van der Waals surface area contributed by atoms with E-state index in [1.807, 2.05) is 30.5 Å². The highest BCUT2D eigenvalue weighted by Gasteiger charge is 2.08. The fourth-order valence-corrected chi connectivity index (χ4v) is 2.14. The third-order valence-electron chi connectivity index (χ3n) is 2.35. The smallest absolute Gasteiger partial charge is 0.311 e. The van der Waals surface area contributed by atoms with Crippen molar-refractivity contribution in [2.45, 2.75) is 45.6 Å². The van der Waals surface area contributed by atoms with E-state index in [1.165, 1.54) is 12.8 Å². The predicted octanol–water partition coefficient (Wildman–Crippen LogP) is 3.97. The number of hydrogen-bond acceptors (Lipinski definition) is 3. The van der Waals surface area contributed by atoms with E-state index in [-0.39, 0.29) is 12.1 Å². The van der Waals surface area contributed by atoms with Crippen molar-refractivity contribution in [1.29, 1.82) is 0 Å². The summed E-state index contributed by atoms with van der Waals surface area (Å²) >= 11 is 1.58. The first kappa shape index (κ1) is 14.0. The number of carbonyl (C=O) groups is 1. The summed E-state index contributed by atoms with van der Waals surface area (Å²) in [4.78, 5) is 12.6. The van der Waals surface area contributed by atoms with Gasteiger partial charge in [-0.05, 0) is 30.9 Å². The molecule has 0 fully saturated rings. The Hall–Kier alpha value is -1.09. The van der Waals surface area contributed by atoms with Gasteiger partial charge in [-0.25, -0.2) is 0 Å². The predicted molar refractivity (Wildman–Crippen MR) is 72.2 cm³/mol. The minimum Gasteiger partial charge on any atom is -0.458 e. The number of hydrogen-bond donors (Lipinski definition) is 0. The fourth-order valence-electron chi connectivity index (χ4n) is 1.45. The lowest BCUT2D eigenvalue weighted by atomic mass is 10.2. The summed E-state index contributed by atoms with van der Waals surface area (Å²) in [6.07, 6.45) is 7.74. The van der Waals surface area contributed by atoms with Gasteiger partial charge in [0.15, 0.2) is 0 Å². The number of rotatable bonds is 7. The Kier molecular flexibility index (Phi) is 6.63. The molecule has 0 bridgehead atoms. The molecule has 0 saturated heterocycles. The topological polar surface area (TPSA) is 26.3 Å². The Bertz CT molecular complexity index is 341. The Morgan fingerprint density at radius 2 is 2.41 bits per heavy atom. The van der Waals surface area contributed by atoms with Crippen molar-refractivity contribution in [3.63, 3.8) is 0 Å². The van der Waals surface area contributed by atoms with Crippen LogP contribution in [0.25, 0.3) is 0 Å². The molecule has 17 heavy (non-hydrogen) atoms. The zero-order valence-corrected chi connectivity index (χ0v) is 11.3. The average Bonchev–Trinajstić information content (AvgIpc) is 2.77. The van der Waals surface area contributed by atoms with Crippen LogP contribution < -0.4 is 0 Å². The van der Waals surface area contributed by atoms with Crippen LogP contribution in [0.15, 0.2) is 29.7 Å². The van der Waals surface area contributed by atoms with Gasteiger partial charge in [-0.15, -0.1) is 11.3 Å². The summed E-state index contributed by atoms with van der Waals surface area (Å²) in [5, 5.41) is 1.97. The third-order valence-corrected chi connectivity index (χ3v) is 3.22. The molecule has 0 aliphatic carbocycles. The van der Waals surface area contributed by atoms with Gasteiger partial charge in [0.05, 0.1) is 6.42 Å². The Morgan fingerprint density at radius 3 is 3.06 bits per heavy atom. The standard InChI is InChI=1S/C14H20O2S/c1-3-4-5-6-8-12(2)16-14(15)11-13-9-7-10-17-13/h6-10,12H,3-5,11H2,1-2H3/b8-6+. The van der Waals surface area contributed by atoms with E-state index in [9.17, 15) is 4.79 Å². The first-order valence-electron chi connectivity index (χ1n) is 6.11. The van der Waals surface area contributed by atoms with E-state index in [4.69, 9.17) is 4.74 Å². The lowest BCUT2D eigenvalue weighted by Gasteiger charge is -2.08.